The minimum absolute atomic E-state index is 0.276. The molecule has 4 heteroatoms. The lowest BCUT2D eigenvalue weighted by atomic mass is 9.95. The van der Waals surface area contributed by atoms with E-state index in [9.17, 15) is 0 Å². The van der Waals surface area contributed by atoms with E-state index in [1.807, 2.05) is 10.9 Å². The fraction of sp³-hybridized carbons (Fsp3) is 0.769. The van der Waals surface area contributed by atoms with E-state index in [0.717, 1.165) is 25.0 Å². The maximum Gasteiger partial charge on any atom is 0.157 e. The lowest BCUT2D eigenvalue weighted by Gasteiger charge is -2.28. The first-order valence-electron chi connectivity index (χ1n) is 6.42. The molecule has 0 aliphatic heterocycles. The summed E-state index contributed by atoms with van der Waals surface area (Å²) in [5.74, 6) is 0.875. The van der Waals surface area contributed by atoms with E-state index in [0.29, 0.717) is 12.1 Å². The van der Waals surface area contributed by atoms with Crippen LogP contribution in [-0.4, -0.2) is 29.1 Å². The Hall–Kier alpha value is -1.03. The maximum atomic E-state index is 5.95. The number of methoxy groups -OCH3 is 1. The molecule has 96 valence electrons. The zero-order chi connectivity index (χ0) is 12.3. The van der Waals surface area contributed by atoms with Crippen LogP contribution in [0.5, 0.6) is 5.75 Å². The lowest BCUT2D eigenvalue weighted by Crippen LogP contribution is -2.29. The number of ether oxygens (including phenoxy) is 2. The Balaban J connectivity index is 1.91. The first kappa shape index (κ1) is 12.4. The predicted molar refractivity (Wildman–Crippen MR) is 66.3 cm³/mol. The van der Waals surface area contributed by atoms with E-state index < -0.39 is 0 Å². The summed E-state index contributed by atoms with van der Waals surface area (Å²) in [7, 11) is 1.78. The van der Waals surface area contributed by atoms with E-state index in [4.69, 9.17) is 9.47 Å². The zero-order valence-electron chi connectivity index (χ0n) is 10.9. The SMILES string of the molecule is COC1CCCC(Oc2cnn(C(C)C)c2)C1. The topological polar surface area (TPSA) is 36.3 Å². The van der Waals surface area contributed by atoms with Gasteiger partial charge in [-0.2, -0.15) is 5.10 Å². The summed E-state index contributed by atoms with van der Waals surface area (Å²) >= 11 is 0. The molecule has 0 radical (unpaired) electrons. The Bertz CT molecular complexity index is 349. The van der Waals surface area contributed by atoms with E-state index >= 15 is 0 Å². The lowest BCUT2D eigenvalue weighted by molar-refractivity contribution is 0.0209. The van der Waals surface area contributed by atoms with E-state index in [-0.39, 0.29) is 6.10 Å². The summed E-state index contributed by atoms with van der Waals surface area (Å²) in [5, 5.41) is 4.28. The van der Waals surface area contributed by atoms with Crippen molar-refractivity contribution in [3.8, 4) is 5.75 Å². The first-order chi connectivity index (χ1) is 8.19. The van der Waals surface area contributed by atoms with Crippen molar-refractivity contribution in [2.45, 2.75) is 57.8 Å². The van der Waals surface area contributed by atoms with Crippen LogP contribution < -0.4 is 4.74 Å². The number of hydrogen-bond acceptors (Lipinski definition) is 3. The molecule has 2 rings (SSSR count). The molecular formula is C13H22N2O2. The van der Waals surface area contributed by atoms with Crippen molar-refractivity contribution < 1.29 is 9.47 Å². The molecule has 0 spiro atoms. The summed E-state index contributed by atoms with van der Waals surface area (Å²) in [6.45, 7) is 4.22. The van der Waals surface area contributed by atoms with Crippen LogP contribution in [0.4, 0.5) is 0 Å². The van der Waals surface area contributed by atoms with Gasteiger partial charge in [-0.1, -0.05) is 0 Å². The summed E-state index contributed by atoms with van der Waals surface area (Å²) in [6, 6.07) is 0.380. The average Bonchev–Trinajstić information content (AvgIpc) is 2.78. The molecule has 1 aliphatic carbocycles. The third kappa shape index (κ3) is 3.22. The number of rotatable bonds is 4. The van der Waals surface area contributed by atoms with Crippen LogP contribution >= 0.6 is 0 Å². The highest BCUT2D eigenvalue weighted by Crippen LogP contribution is 2.25. The van der Waals surface area contributed by atoms with Gasteiger partial charge in [0.15, 0.2) is 5.75 Å². The molecule has 0 saturated heterocycles. The van der Waals surface area contributed by atoms with Crippen molar-refractivity contribution >= 4 is 0 Å². The molecule has 1 aliphatic rings. The highest BCUT2D eigenvalue weighted by molar-refractivity contribution is 5.12. The molecular weight excluding hydrogens is 216 g/mol. The molecule has 1 aromatic rings. The average molecular weight is 238 g/mol. The highest BCUT2D eigenvalue weighted by atomic mass is 16.5. The number of hydrogen-bond donors (Lipinski definition) is 0. The fourth-order valence-corrected chi connectivity index (χ4v) is 2.28. The summed E-state index contributed by atoms with van der Waals surface area (Å²) < 4.78 is 13.3. The summed E-state index contributed by atoms with van der Waals surface area (Å²) in [6.07, 6.45) is 8.85. The number of nitrogens with zero attached hydrogens (tertiary/aromatic N) is 2. The second-order valence-corrected chi connectivity index (χ2v) is 5.01. The molecule has 1 fully saturated rings. The first-order valence-corrected chi connectivity index (χ1v) is 6.42. The van der Waals surface area contributed by atoms with Crippen LogP contribution in [0.25, 0.3) is 0 Å². The van der Waals surface area contributed by atoms with Gasteiger partial charge in [0.05, 0.1) is 18.5 Å². The van der Waals surface area contributed by atoms with Crippen LogP contribution in [0.15, 0.2) is 12.4 Å². The van der Waals surface area contributed by atoms with Crippen LogP contribution in [0, 0.1) is 0 Å². The van der Waals surface area contributed by atoms with Crippen LogP contribution in [0.1, 0.15) is 45.6 Å². The van der Waals surface area contributed by atoms with Crippen LogP contribution in [-0.2, 0) is 4.74 Å². The molecule has 1 heterocycles. The monoisotopic (exact) mass is 238 g/mol. The second-order valence-electron chi connectivity index (χ2n) is 5.01. The Morgan fingerprint density at radius 1 is 1.35 bits per heavy atom. The van der Waals surface area contributed by atoms with Crippen molar-refractivity contribution in [2.75, 3.05) is 7.11 Å². The molecule has 1 saturated carbocycles. The molecule has 2 unspecified atom stereocenters. The Kier molecular flexibility index (Phi) is 4.05. The quantitative estimate of drug-likeness (QED) is 0.809. The highest BCUT2D eigenvalue weighted by Gasteiger charge is 2.23. The van der Waals surface area contributed by atoms with Crippen LogP contribution in [0.3, 0.4) is 0 Å². The van der Waals surface area contributed by atoms with Gasteiger partial charge in [-0.05, 0) is 33.1 Å². The second kappa shape index (κ2) is 5.54. The molecule has 0 aromatic carbocycles. The van der Waals surface area contributed by atoms with Crippen molar-refractivity contribution in [3.05, 3.63) is 12.4 Å². The summed E-state index contributed by atoms with van der Waals surface area (Å²) in [5.41, 5.74) is 0. The van der Waals surface area contributed by atoms with E-state index in [2.05, 4.69) is 18.9 Å². The fourth-order valence-electron chi connectivity index (χ4n) is 2.28. The molecule has 2 atom stereocenters. The van der Waals surface area contributed by atoms with Crippen molar-refractivity contribution in [1.82, 2.24) is 9.78 Å². The largest absolute Gasteiger partial charge is 0.487 e. The van der Waals surface area contributed by atoms with Gasteiger partial charge in [-0.15, -0.1) is 0 Å². The minimum atomic E-state index is 0.276. The minimum Gasteiger partial charge on any atom is -0.487 e. The molecule has 1 aromatic heterocycles. The third-order valence-electron chi connectivity index (χ3n) is 3.32. The van der Waals surface area contributed by atoms with Gasteiger partial charge in [0, 0.05) is 19.6 Å². The smallest absolute Gasteiger partial charge is 0.157 e. The third-order valence-corrected chi connectivity index (χ3v) is 3.32. The van der Waals surface area contributed by atoms with Crippen molar-refractivity contribution in [3.63, 3.8) is 0 Å². The maximum absolute atomic E-state index is 5.95. The zero-order valence-corrected chi connectivity index (χ0v) is 10.9. The number of aromatic nitrogens is 2. The normalized spacial score (nSPS) is 25.2. The van der Waals surface area contributed by atoms with Gasteiger partial charge >= 0.3 is 0 Å². The summed E-state index contributed by atoms with van der Waals surface area (Å²) in [4.78, 5) is 0. The standard InChI is InChI=1S/C13H22N2O2/c1-10(2)15-9-13(8-14-15)17-12-6-4-5-11(7-12)16-3/h8-12H,4-7H2,1-3H3. The van der Waals surface area contributed by atoms with Crippen LogP contribution in [0.2, 0.25) is 0 Å². The van der Waals surface area contributed by atoms with Gasteiger partial charge in [0.2, 0.25) is 0 Å². The molecule has 0 N–H and O–H groups in total. The Labute approximate surface area is 103 Å². The van der Waals surface area contributed by atoms with Gasteiger partial charge in [-0.25, -0.2) is 0 Å². The Morgan fingerprint density at radius 2 is 2.12 bits per heavy atom. The van der Waals surface area contributed by atoms with Crippen molar-refractivity contribution in [1.29, 1.82) is 0 Å². The van der Waals surface area contributed by atoms with E-state index in [1.165, 1.54) is 6.42 Å². The Morgan fingerprint density at radius 3 is 2.76 bits per heavy atom. The van der Waals surface area contributed by atoms with Crippen molar-refractivity contribution in [2.24, 2.45) is 0 Å². The van der Waals surface area contributed by atoms with Gasteiger partial charge in [-0.3, -0.25) is 4.68 Å². The molecule has 0 amide bonds. The molecule has 17 heavy (non-hydrogen) atoms. The van der Waals surface area contributed by atoms with Gasteiger partial charge in [0.1, 0.15) is 6.10 Å². The molecule has 0 bridgehead atoms. The van der Waals surface area contributed by atoms with E-state index in [1.54, 1.807) is 13.3 Å². The predicted octanol–water partition coefficient (Wildman–Crippen LogP) is 2.80. The van der Waals surface area contributed by atoms with Gasteiger partial charge < -0.3 is 9.47 Å². The van der Waals surface area contributed by atoms with Gasteiger partial charge in [0.25, 0.3) is 0 Å². The molecule has 4 nitrogen and oxygen atoms in total.